The standard InChI is InChI=1S/C15H23NO4/c1-3-16(4-2)5-6-19-14(17)12-9-7-10-11(8-9)20-15(18)13(10)12/h9-13H,3-8H2,1-2H3/t9-,10-,11+,12-,13-/m0/s1. The van der Waals surface area contributed by atoms with Gasteiger partial charge in [0.2, 0.25) is 0 Å². The van der Waals surface area contributed by atoms with E-state index >= 15 is 0 Å². The molecule has 2 bridgehead atoms. The van der Waals surface area contributed by atoms with Crippen LogP contribution in [0.4, 0.5) is 0 Å². The Kier molecular flexibility index (Phi) is 3.71. The highest BCUT2D eigenvalue weighted by Crippen LogP contribution is 2.57. The van der Waals surface area contributed by atoms with Crippen molar-refractivity contribution in [1.29, 1.82) is 0 Å². The average Bonchev–Trinajstić information content (AvgIpc) is 3.04. The van der Waals surface area contributed by atoms with Crippen molar-refractivity contribution in [2.24, 2.45) is 23.7 Å². The van der Waals surface area contributed by atoms with E-state index < -0.39 is 0 Å². The first-order valence-electron chi connectivity index (χ1n) is 7.75. The molecular formula is C15H23NO4. The smallest absolute Gasteiger partial charge is 0.310 e. The molecule has 20 heavy (non-hydrogen) atoms. The normalized spacial score (nSPS) is 37.5. The van der Waals surface area contributed by atoms with Gasteiger partial charge in [0, 0.05) is 12.5 Å². The quantitative estimate of drug-likeness (QED) is 0.682. The molecule has 0 amide bonds. The van der Waals surface area contributed by atoms with Crippen molar-refractivity contribution in [3.05, 3.63) is 0 Å². The Morgan fingerprint density at radius 3 is 2.80 bits per heavy atom. The molecule has 0 unspecified atom stereocenters. The summed E-state index contributed by atoms with van der Waals surface area (Å²) < 4.78 is 10.8. The molecule has 5 atom stereocenters. The van der Waals surface area contributed by atoms with Crippen LogP contribution in [-0.4, -0.2) is 49.2 Å². The van der Waals surface area contributed by atoms with Crippen molar-refractivity contribution >= 4 is 11.9 Å². The second-order valence-corrected chi connectivity index (χ2v) is 6.12. The van der Waals surface area contributed by atoms with Gasteiger partial charge in [0.1, 0.15) is 12.7 Å². The molecule has 1 saturated heterocycles. The lowest BCUT2D eigenvalue weighted by atomic mass is 9.80. The minimum Gasteiger partial charge on any atom is -0.464 e. The molecular weight excluding hydrogens is 258 g/mol. The van der Waals surface area contributed by atoms with Crippen LogP contribution in [-0.2, 0) is 19.1 Å². The zero-order valence-electron chi connectivity index (χ0n) is 12.2. The zero-order chi connectivity index (χ0) is 14.3. The van der Waals surface area contributed by atoms with E-state index in [1.54, 1.807) is 0 Å². The predicted molar refractivity (Wildman–Crippen MR) is 71.8 cm³/mol. The minimum atomic E-state index is -0.247. The highest BCUT2D eigenvalue weighted by molar-refractivity contribution is 5.85. The lowest BCUT2D eigenvalue weighted by Gasteiger charge is -2.23. The third kappa shape index (κ3) is 2.12. The first-order chi connectivity index (χ1) is 9.65. The van der Waals surface area contributed by atoms with Gasteiger partial charge in [-0.05, 0) is 31.8 Å². The number of rotatable bonds is 6. The van der Waals surface area contributed by atoms with Gasteiger partial charge < -0.3 is 14.4 Å². The van der Waals surface area contributed by atoms with E-state index in [1.807, 2.05) is 0 Å². The van der Waals surface area contributed by atoms with Gasteiger partial charge in [0.15, 0.2) is 0 Å². The van der Waals surface area contributed by atoms with E-state index in [-0.39, 0.29) is 35.8 Å². The number of carbonyl (C=O) groups excluding carboxylic acids is 2. The van der Waals surface area contributed by atoms with Gasteiger partial charge in [-0.25, -0.2) is 0 Å². The maximum absolute atomic E-state index is 12.3. The van der Waals surface area contributed by atoms with Crippen LogP contribution in [0.3, 0.4) is 0 Å². The van der Waals surface area contributed by atoms with Crippen LogP contribution >= 0.6 is 0 Å². The average molecular weight is 281 g/mol. The van der Waals surface area contributed by atoms with Crippen LogP contribution < -0.4 is 0 Å². The van der Waals surface area contributed by atoms with E-state index in [9.17, 15) is 9.59 Å². The number of esters is 2. The third-order valence-electron chi connectivity index (χ3n) is 5.30. The number of fused-ring (bicyclic) bond motifs is 1. The Morgan fingerprint density at radius 1 is 1.35 bits per heavy atom. The van der Waals surface area contributed by atoms with Gasteiger partial charge in [0.25, 0.3) is 0 Å². The number of hydrogen-bond donors (Lipinski definition) is 0. The molecule has 3 fully saturated rings. The van der Waals surface area contributed by atoms with Crippen LogP contribution in [0.1, 0.15) is 26.7 Å². The fraction of sp³-hybridized carbons (Fsp3) is 0.867. The first kappa shape index (κ1) is 13.9. The van der Waals surface area contributed by atoms with Gasteiger partial charge in [-0.1, -0.05) is 13.8 Å². The monoisotopic (exact) mass is 281 g/mol. The Bertz CT molecular complexity index is 405. The fourth-order valence-corrected chi connectivity index (χ4v) is 4.24. The van der Waals surface area contributed by atoms with Crippen molar-refractivity contribution in [3.8, 4) is 0 Å². The molecule has 2 aliphatic carbocycles. The Balaban J connectivity index is 1.55. The molecule has 5 nitrogen and oxygen atoms in total. The molecule has 0 spiro atoms. The number of hydrogen-bond acceptors (Lipinski definition) is 5. The molecule has 1 aliphatic heterocycles. The van der Waals surface area contributed by atoms with Gasteiger partial charge in [-0.3, -0.25) is 9.59 Å². The molecule has 0 aromatic carbocycles. The number of ether oxygens (including phenoxy) is 2. The Morgan fingerprint density at radius 2 is 2.10 bits per heavy atom. The molecule has 3 aliphatic rings. The first-order valence-corrected chi connectivity index (χ1v) is 7.75. The van der Waals surface area contributed by atoms with Crippen molar-refractivity contribution in [3.63, 3.8) is 0 Å². The van der Waals surface area contributed by atoms with E-state index in [0.29, 0.717) is 12.5 Å². The largest absolute Gasteiger partial charge is 0.464 e. The van der Waals surface area contributed by atoms with Gasteiger partial charge in [-0.2, -0.15) is 0 Å². The molecule has 0 aromatic heterocycles. The highest BCUT2D eigenvalue weighted by Gasteiger charge is 2.64. The van der Waals surface area contributed by atoms with Crippen LogP contribution in [0.5, 0.6) is 0 Å². The van der Waals surface area contributed by atoms with E-state index in [1.165, 1.54) is 0 Å². The van der Waals surface area contributed by atoms with Crippen molar-refractivity contribution in [2.75, 3.05) is 26.2 Å². The summed E-state index contributed by atoms with van der Waals surface area (Å²) in [4.78, 5) is 26.3. The summed E-state index contributed by atoms with van der Waals surface area (Å²) >= 11 is 0. The number of nitrogens with zero attached hydrogens (tertiary/aromatic N) is 1. The Labute approximate surface area is 119 Å². The lowest BCUT2D eigenvalue weighted by molar-refractivity contribution is -0.156. The molecule has 3 rings (SSSR count). The maximum Gasteiger partial charge on any atom is 0.310 e. The molecule has 0 radical (unpaired) electrons. The summed E-state index contributed by atoms with van der Waals surface area (Å²) in [5.41, 5.74) is 0. The third-order valence-corrected chi connectivity index (χ3v) is 5.30. The molecule has 0 N–H and O–H groups in total. The maximum atomic E-state index is 12.3. The topological polar surface area (TPSA) is 55.8 Å². The highest BCUT2D eigenvalue weighted by atomic mass is 16.6. The zero-order valence-corrected chi connectivity index (χ0v) is 12.2. The summed E-state index contributed by atoms with van der Waals surface area (Å²) in [5, 5.41) is 0. The van der Waals surface area contributed by atoms with Gasteiger partial charge in [0.05, 0.1) is 11.8 Å². The Hall–Kier alpha value is -1.10. The molecule has 5 heteroatoms. The van der Waals surface area contributed by atoms with Crippen LogP contribution in [0, 0.1) is 23.7 Å². The fourth-order valence-electron chi connectivity index (χ4n) is 4.24. The lowest BCUT2D eigenvalue weighted by Crippen LogP contribution is -2.35. The molecule has 2 saturated carbocycles. The van der Waals surface area contributed by atoms with Crippen LogP contribution in [0.2, 0.25) is 0 Å². The molecule has 1 heterocycles. The van der Waals surface area contributed by atoms with E-state index in [0.717, 1.165) is 32.5 Å². The van der Waals surface area contributed by atoms with Crippen LogP contribution in [0.15, 0.2) is 0 Å². The predicted octanol–water partition coefficient (Wildman–Crippen LogP) is 1.07. The van der Waals surface area contributed by atoms with Crippen molar-refractivity contribution < 1.29 is 19.1 Å². The second kappa shape index (κ2) is 5.35. The minimum absolute atomic E-state index is 0.0808. The molecule has 0 aromatic rings. The summed E-state index contributed by atoms with van der Waals surface area (Å²) in [7, 11) is 0. The second-order valence-electron chi connectivity index (χ2n) is 6.12. The number of likely N-dealkylation sites (N-methyl/N-ethyl adjacent to an activating group) is 1. The van der Waals surface area contributed by atoms with Gasteiger partial charge >= 0.3 is 11.9 Å². The SMILES string of the molecule is CCN(CC)CCOC(=O)[C@H]1[C@H]2C[C@@H]3[C@@H]1C(=O)O[C@@H]3C2. The van der Waals surface area contributed by atoms with Crippen molar-refractivity contribution in [2.45, 2.75) is 32.8 Å². The number of carbonyl (C=O) groups is 2. The van der Waals surface area contributed by atoms with Crippen LogP contribution in [0.25, 0.3) is 0 Å². The van der Waals surface area contributed by atoms with Gasteiger partial charge in [-0.15, -0.1) is 0 Å². The van der Waals surface area contributed by atoms with E-state index in [4.69, 9.17) is 9.47 Å². The summed E-state index contributed by atoms with van der Waals surface area (Å²) in [6.07, 6.45) is 1.89. The molecule has 112 valence electrons. The summed E-state index contributed by atoms with van der Waals surface area (Å²) in [5.74, 6) is -0.268. The van der Waals surface area contributed by atoms with Crippen molar-refractivity contribution in [1.82, 2.24) is 4.90 Å². The summed E-state index contributed by atoms with van der Waals surface area (Å²) in [6.45, 7) is 7.28. The summed E-state index contributed by atoms with van der Waals surface area (Å²) in [6, 6.07) is 0. The van der Waals surface area contributed by atoms with E-state index in [2.05, 4.69) is 18.7 Å².